The van der Waals surface area contributed by atoms with E-state index in [4.69, 9.17) is 14.1 Å². The van der Waals surface area contributed by atoms with Gasteiger partial charge in [0.15, 0.2) is 16.9 Å². The molecule has 0 radical (unpaired) electrons. The fourth-order valence-corrected chi connectivity index (χ4v) is 4.57. The lowest BCUT2D eigenvalue weighted by atomic mass is 10.1. The molecule has 4 heterocycles. The number of ether oxygens (including phenoxy) is 2. The van der Waals surface area contributed by atoms with E-state index in [-0.39, 0.29) is 35.1 Å². The highest BCUT2D eigenvalue weighted by Crippen LogP contribution is 2.40. The van der Waals surface area contributed by atoms with Crippen LogP contribution in [0.25, 0.3) is 5.65 Å². The lowest BCUT2D eigenvalue weighted by Crippen LogP contribution is -2.44. The summed E-state index contributed by atoms with van der Waals surface area (Å²) in [5.74, 6) is -0.778. The Kier molecular flexibility index (Phi) is 8.21. The normalized spacial score (nSPS) is 19.3. The van der Waals surface area contributed by atoms with Gasteiger partial charge in [0, 0.05) is 18.6 Å². The average Bonchev–Trinajstić information content (AvgIpc) is 3.31. The van der Waals surface area contributed by atoms with Crippen LogP contribution >= 0.6 is 0 Å². The van der Waals surface area contributed by atoms with Crippen molar-refractivity contribution < 1.29 is 50.0 Å². The van der Waals surface area contributed by atoms with Crippen molar-refractivity contribution in [3.63, 3.8) is 0 Å². The number of imidazole rings is 1. The van der Waals surface area contributed by atoms with Gasteiger partial charge in [0.05, 0.1) is 49.9 Å². The second-order valence-electron chi connectivity index (χ2n) is 11.0. The molecule has 3 atom stereocenters. The molecule has 2 aliphatic rings. The number of halogens is 6. The molecule has 1 saturated heterocycles. The number of carbonyl (C=O) groups is 2. The van der Waals surface area contributed by atoms with Crippen LogP contribution in [-0.2, 0) is 9.47 Å². The largest absolute Gasteiger partial charge is 0.416 e. The summed E-state index contributed by atoms with van der Waals surface area (Å²) in [4.78, 5) is 30.9. The maximum Gasteiger partial charge on any atom is 0.416 e. The third-order valence-corrected chi connectivity index (χ3v) is 7.43. The van der Waals surface area contributed by atoms with Crippen molar-refractivity contribution in [1.82, 2.24) is 40.4 Å². The van der Waals surface area contributed by atoms with E-state index >= 15 is 0 Å². The molecule has 2 N–H and O–H groups in total. The molecule has 3 aromatic rings. The van der Waals surface area contributed by atoms with E-state index in [0.29, 0.717) is 5.69 Å². The smallest absolute Gasteiger partial charge is 0.382 e. The summed E-state index contributed by atoms with van der Waals surface area (Å²) in [7, 11) is 1.32. The number of nitrogens with one attached hydrogen (secondary N) is 2. The van der Waals surface area contributed by atoms with Gasteiger partial charge >= 0.3 is 18.4 Å². The molecule has 240 valence electrons. The van der Waals surface area contributed by atoms with Gasteiger partial charge in [-0.05, 0) is 37.9 Å². The Labute approximate surface area is 245 Å². The second kappa shape index (κ2) is 11.5. The Hall–Kier alpha value is -4.00. The predicted molar refractivity (Wildman–Crippen MR) is 135 cm³/mol. The van der Waals surface area contributed by atoms with Gasteiger partial charge in [0.1, 0.15) is 11.7 Å². The van der Waals surface area contributed by atoms with Crippen molar-refractivity contribution in [1.29, 1.82) is 0 Å². The molecule has 5 rings (SSSR count). The minimum Gasteiger partial charge on any atom is -0.382 e. The fraction of sp³-hybridized carbons (Fsp3) is 0.600. The molecule has 44 heavy (non-hydrogen) atoms. The zero-order chi connectivity index (χ0) is 32.0. The third kappa shape index (κ3) is 6.42. The number of carbonyl (C=O) groups excluding carboxylic acids is 2. The molecule has 3 amide bonds. The first-order chi connectivity index (χ1) is 20.6. The van der Waals surface area contributed by atoms with Crippen LogP contribution in [0.3, 0.4) is 0 Å². The van der Waals surface area contributed by atoms with Crippen molar-refractivity contribution in [2.45, 2.75) is 68.7 Å². The van der Waals surface area contributed by atoms with Crippen LogP contribution in [-0.4, -0.2) is 92.6 Å². The molecule has 0 spiro atoms. The molecule has 1 aliphatic heterocycles. The summed E-state index contributed by atoms with van der Waals surface area (Å²) in [5.41, 5.74) is -1.88. The maximum atomic E-state index is 13.5. The molecule has 0 unspecified atom stereocenters. The van der Waals surface area contributed by atoms with Crippen molar-refractivity contribution >= 4 is 17.6 Å². The van der Waals surface area contributed by atoms with Gasteiger partial charge in [-0.2, -0.15) is 31.4 Å². The van der Waals surface area contributed by atoms with Crippen LogP contribution in [0.15, 0.2) is 23.1 Å². The number of nitrogens with zero attached hydrogens (tertiary/aromatic N) is 6. The molecule has 1 aliphatic carbocycles. The number of fused-ring (bicyclic) bond motifs is 1. The Morgan fingerprint density at radius 3 is 2.52 bits per heavy atom. The second-order valence-corrected chi connectivity index (χ2v) is 11.0. The lowest BCUT2D eigenvalue weighted by Gasteiger charge is -2.29. The Balaban J connectivity index is 1.43. The van der Waals surface area contributed by atoms with Gasteiger partial charge in [-0.15, -0.1) is 0 Å². The molecule has 1 saturated carbocycles. The molecule has 2 fully saturated rings. The highest BCUT2D eigenvalue weighted by Gasteiger charge is 2.50. The Morgan fingerprint density at radius 2 is 1.91 bits per heavy atom. The molecule has 3 aromatic heterocycles. The van der Waals surface area contributed by atoms with Crippen molar-refractivity contribution in [3.05, 3.63) is 41.1 Å². The molecule has 0 bridgehead atoms. The maximum absolute atomic E-state index is 13.5. The van der Waals surface area contributed by atoms with Crippen molar-refractivity contribution in [2.24, 2.45) is 0 Å². The van der Waals surface area contributed by atoms with Gasteiger partial charge in [-0.3, -0.25) is 4.79 Å². The van der Waals surface area contributed by atoms with Crippen molar-refractivity contribution in [2.75, 3.05) is 26.9 Å². The zero-order valence-corrected chi connectivity index (χ0v) is 23.6. The number of hydrogen-bond donors (Lipinski definition) is 2. The number of aromatic nitrogens is 5. The minimum atomic E-state index is -4.73. The first kappa shape index (κ1) is 31.4. The molecule has 19 heteroatoms. The van der Waals surface area contributed by atoms with Crippen LogP contribution in [0.2, 0.25) is 0 Å². The topological polar surface area (TPSA) is 149 Å². The van der Waals surface area contributed by atoms with Gasteiger partial charge in [0.25, 0.3) is 5.91 Å². The number of urea groups is 1. The summed E-state index contributed by atoms with van der Waals surface area (Å²) >= 11 is 0. The monoisotopic (exact) mass is 634 g/mol. The zero-order valence-electron chi connectivity index (χ0n) is 23.6. The fourth-order valence-electron chi connectivity index (χ4n) is 4.57. The van der Waals surface area contributed by atoms with E-state index in [9.17, 15) is 35.9 Å². The average molecular weight is 635 g/mol. The predicted octanol–water partition coefficient (Wildman–Crippen LogP) is 3.46. The van der Waals surface area contributed by atoms with E-state index in [1.165, 1.54) is 30.1 Å². The van der Waals surface area contributed by atoms with Crippen LogP contribution in [0, 0.1) is 0 Å². The standard InChI is InChI=1S/C25H28F6N8O5/c1-23(2,25(29,30)31)43-10-15(34-21(40)20-19(12-4-5-12)36-44-37-20)14-8-39-18(33-14)6-13(7-32-39)16(11-42-3)38-9-17(24(26,27)28)35-22(38)41/h6-8,12,15-17H,4-5,9-11H2,1-3H3,(H,34,40)(H,35,41)/t15-,16+,17-/m0/s1. The van der Waals surface area contributed by atoms with Gasteiger partial charge in [-0.1, -0.05) is 5.16 Å². The van der Waals surface area contributed by atoms with Gasteiger partial charge in [0.2, 0.25) is 0 Å². The molecular weight excluding hydrogens is 606 g/mol. The summed E-state index contributed by atoms with van der Waals surface area (Å²) in [6.45, 7) is 0.185. The SMILES string of the molecule is COC[C@H](c1cnn2cc([C@H](COC(C)(C)C(F)(F)F)NC(=O)c3nonc3C3CC3)nc2c1)N1C[C@@H](C(F)(F)F)NC1=O. The Bertz CT molecular complexity index is 1520. The lowest BCUT2D eigenvalue weighted by molar-refractivity contribution is -0.265. The quantitative estimate of drug-likeness (QED) is 0.303. The van der Waals surface area contributed by atoms with E-state index in [0.717, 1.165) is 31.6 Å². The number of amides is 3. The number of methoxy groups -OCH3 is 1. The summed E-state index contributed by atoms with van der Waals surface area (Å²) in [6.07, 6.45) is -5.18. The number of rotatable bonds is 11. The first-order valence-electron chi connectivity index (χ1n) is 13.4. The molecule has 13 nitrogen and oxygen atoms in total. The highest BCUT2D eigenvalue weighted by molar-refractivity contribution is 5.93. The van der Waals surface area contributed by atoms with Crippen molar-refractivity contribution in [3.8, 4) is 0 Å². The number of hydrogen-bond acceptors (Lipinski definition) is 9. The van der Waals surface area contributed by atoms with E-state index in [2.05, 4.69) is 25.7 Å². The third-order valence-electron chi connectivity index (χ3n) is 7.43. The molecular formula is C25H28F6N8O5. The van der Waals surface area contributed by atoms with Gasteiger partial charge in [-0.25, -0.2) is 18.9 Å². The van der Waals surface area contributed by atoms with E-state index < -0.39 is 61.2 Å². The molecule has 0 aromatic carbocycles. The van der Waals surface area contributed by atoms with E-state index in [1.807, 2.05) is 5.32 Å². The first-order valence-corrected chi connectivity index (χ1v) is 13.4. The van der Waals surface area contributed by atoms with Crippen LogP contribution in [0.5, 0.6) is 0 Å². The summed E-state index contributed by atoms with van der Waals surface area (Å²) in [5, 5.41) is 16.1. The van der Waals surface area contributed by atoms with Crippen LogP contribution < -0.4 is 10.6 Å². The minimum absolute atomic E-state index is 0.0113. The summed E-state index contributed by atoms with van der Waals surface area (Å²) < 4.78 is 96.8. The van der Waals surface area contributed by atoms with E-state index in [1.54, 1.807) is 0 Å². The van der Waals surface area contributed by atoms with Crippen LogP contribution in [0.4, 0.5) is 31.1 Å². The Morgan fingerprint density at radius 1 is 1.18 bits per heavy atom. The summed E-state index contributed by atoms with van der Waals surface area (Å²) in [6, 6.07) is -3.78. The van der Waals surface area contributed by atoms with Crippen LogP contribution in [0.1, 0.15) is 72.1 Å². The highest BCUT2D eigenvalue weighted by atomic mass is 19.4. The van der Waals surface area contributed by atoms with Gasteiger partial charge < -0.3 is 25.0 Å². The number of alkyl halides is 6.